The van der Waals surface area contributed by atoms with Crippen LogP contribution in [0.25, 0.3) is 136 Å². The first-order valence-corrected chi connectivity index (χ1v) is 36.7. The normalized spacial score (nSPS) is 10.2. The summed E-state index contributed by atoms with van der Waals surface area (Å²) in [7, 11) is -1.34. The molecule has 12 aromatic carbocycles. The Morgan fingerprint density at radius 3 is 1.34 bits per heavy atom. The van der Waals surface area contributed by atoms with Gasteiger partial charge < -0.3 is 35.9 Å². The molecule has 0 aliphatic heterocycles. The van der Waals surface area contributed by atoms with Gasteiger partial charge in [-0.2, -0.15) is 0 Å². The Kier molecular flexibility index (Phi) is 35.2. The zero-order chi connectivity index (χ0) is 75.5. The molecule has 0 bridgehead atoms. The molecule has 1 amide bonds. The first kappa shape index (κ1) is 84.3. The van der Waals surface area contributed by atoms with Gasteiger partial charge in [0.05, 0.1) is 12.3 Å². The molecule has 0 fully saturated rings. The number of carboxylic acid groups (broad SMARTS) is 1. The molecule has 15 rings (SSSR count). The second-order valence-corrected chi connectivity index (χ2v) is 28.9. The molecule has 0 radical (unpaired) electrons. The number of carbonyl (C=O) groups excluding carboxylic acids is 2. The number of benzene rings is 12. The fraction of sp³-hybridized carbons (Fsp3) is 0.0250. The molecule has 15 aromatic rings. The Morgan fingerprint density at radius 2 is 0.906 bits per heavy atom. The molecule has 3 heterocycles. The van der Waals surface area contributed by atoms with Gasteiger partial charge in [0.2, 0.25) is 5.91 Å². The first-order chi connectivity index (χ1) is 50.7. The number of carboxylic acids is 1. The topological polar surface area (TPSA) is 304 Å². The van der Waals surface area contributed by atoms with Crippen molar-refractivity contribution in [2.45, 2.75) is 6.92 Å². The van der Waals surface area contributed by atoms with Crippen LogP contribution in [-0.4, -0.2) is 61.1 Å². The van der Waals surface area contributed by atoms with Crippen molar-refractivity contribution in [3.05, 3.63) is 357 Å². The van der Waals surface area contributed by atoms with Gasteiger partial charge in [-0.05, 0) is 174 Å². The number of amides is 1. The second-order valence-electron chi connectivity index (χ2n) is 21.6. The van der Waals surface area contributed by atoms with Gasteiger partial charge in [0.25, 0.3) is 5.56 Å². The summed E-state index contributed by atoms with van der Waals surface area (Å²) >= 11 is 24.6. The molecule has 0 spiro atoms. The zero-order valence-corrected chi connectivity index (χ0v) is 63.2. The van der Waals surface area contributed by atoms with Crippen molar-refractivity contribution in [2.24, 2.45) is 5.11 Å². The molecule has 0 saturated carbocycles. The molecule has 4 N–H and O–H groups in total. The Labute approximate surface area is 656 Å². The minimum absolute atomic E-state index is 0. The van der Waals surface area contributed by atoms with Crippen molar-refractivity contribution >= 4 is 190 Å². The maximum Gasteiger partial charge on any atom is 1.00 e. The van der Waals surface area contributed by atoms with Crippen LogP contribution in [0.5, 0.6) is 0 Å². The van der Waals surface area contributed by atoms with E-state index in [9.17, 15) is 23.7 Å². The van der Waals surface area contributed by atoms with Gasteiger partial charge in [-0.1, -0.05) is 266 Å². The number of H-pyrrole nitrogens is 1. The quantitative estimate of drug-likeness (QED) is 0.0134. The van der Waals surface area contributed by atoms with Crippen molar-refractivity contribution in [3.8, 4) is 11.3 Å². The molecule has 3 aromatic heterocycles. The van der Waals surface area contributed by atoms with E-state index >= 15 is 0 Å². The van der Waals surface area contributed by atoms with Crippen LogP contribution in [0.4, 0.5) is 4.79 Å². The third-order valence-corrected chi connectivity index (χ3v) is 15.4. The molecular formula is C80H63BCl5N9NaO9P. The number of aliphatic carboxylic acids is 1. The Morgan fingerprint density at radius 1 is 0.519 bits per heavy atom. The van der Waals surface area contributed by atoms with E-state index in [4.69, 9.17) is 54.9 Å². The smallest absolute Gasteiger partial charge is 0.478 e. The van der Waals surface area contributed by atoms with Gasteiger partial charge in [0.15, 0.2) is 0 Å². The zero-order valence-electron chi connectivity index (χ0n) is 56.5. The van der Waals surface area contributed by atoms with E-state index in [0.717, 1.165) is 82.3 Å². The van der Waals surface area contributed by atoms with E-state index in [1.807, 2.05) is 164 Å². The SMILES string of the molecule is CCOC(=O)Cl.Clc1nccc2c1ccc1ccccc12.O=C(O)/C=C/c1cccc2ccccc12.O=P(Cl)(Cl)Cl.O=c1[nH]ccc2c1ccc1ccccc12.OB(O)c1ccccc1.[2HH].[N-]=[N+]=NC(=O)/C=C/c1cccc2ccccc12.[N-]=[N+]=[N-].[Na+].c1ccc(-c2nccc3c2ccc2ccccc23)cc1. The fourth-order valence-electron chi connectivity index (χ4n) is 10.5. The van der Waals surface area contributed by atoms with E-state index in [1.165, 1.54) is 43.3 Å². The number of ether oxygens (including phenoxy) is 1. The van der Waals surface area contributed by atoms with Crippen LogP contribution in [0, 0.1) is 0 Å². The summed E-state index contributed by atoms with van der Waals surface area (Å²) in [6.07, 6.45) is 11.0. The second kappa shape index (κ2) is 44.2. The molecule has 0 saturated heterocycles. The average Bonchev–Trinajstić information content (AvgIpc) is 0.787. The van der Waals surface area contributed by atoms with Crippen molar-refractivity contribution < 1.29 is 69.8 Å². The van der Waals surface area contributed by atoms with Crippen LogP contribution in [0.2, 0.25) is 5.15 Å². The number of carbonyl (C=O) groups is 3. The molecule has 106 heavy (non-hydrogen) atoms. The van der Waals surface area contributed by atoms with Crippen molar-refractivity contribution in [1.82, 2.24) is 15.0 Å². The monoisotopic (exact) mass is 1530 g/mol. The van der Waals surface area contributed by atoms with Crippen LogP contribution in [0.3, 0.4) is 0 Å². The van der Waals surface area contributed by atoms with Crippen LogP contribution in [-0.2, 0) is 18.9 Å². The molecular weight excluding hydrogens is 1470 g/mol. The Hall–Kier alpha value is -10.7. The summed E-state index contributed by atoms with van der Waals surface area (Å²) in [6, 6.07) is 89.6. The number of nitrogens with zero attached hydrogens (tertiary/aromatic N) is 8. The predicted molar refractivity (Wildman–Crippen MR) is 435 cm³/mol. The van der Waals surface area contributed by atoms with Crippen molar-refractivity contribution in [1.29, 1.82) is 0 Å². The van der Waals surface area contributed by atoms with E-state index in [-0.39, 0.29) is 36.5 Å². The number of hydrogen-bond donors (Lipinski definition) is 4. The number of rotatable bonds is 7. The van der Waals surface area contributed by atoms with E-state index in [0.29, 0.717) is 17.2 Å². The summed E-state index contributed by atoms with van der Waals surface area (Å²) in [4.78, 5) is 57.9. The number of pyridine rings is 3. The number of azide groups is 1. The van der Waals surface area contributed by atoms with Gasteiger partial charge in [-0.3, -0.25) is 24.0 Å². The van der Waals surface area contributed by atoms with Gasteiger partial charge in [-0.15, -0.1) is 0 Å². The third kappa shape index (κ3) is 26.5. The Balaban J connectivity index is 0.000000223. The summed E-state index contributed by atoms with van der Waals surface area (Å²) in [5.41, 5.74) is 25.4. The predicted octanol–water partition coefficient (Wildman–Crippen LogP) is 20.1. The molecule has 26 heteroatoms. The van der Waals surface area contributed by atoms with Gasteiger partial charge >= 0.3 is 53.3 Å². The third-order valence-electron chi connectivity index (χ3n) is 15.0. The number of halogens is 5. The number of fused-ring (bicyclic) bond motifs is 11. The summed E-state index contributed by atoms with van der Waals surface area (Å²) in [5, 5.41) is 44.1. The summed E-state index contributed by atoms with van der Waals surface area (Å²) in [5.74, 6) is -1.52. The molecule has 0 atom stereocenters. The van der Waals surface area contributed by atoms with Crippen LogP contribution in [0.1, 0.15) is 19.5 Å². The summed E-state index contributed by atoms with van der Waals surface area (Å²) in [6.45, 7) is 2.04. The van der Waals surface area contributed by atoms with Crippen molar-refractivity contribution in [3.63, 3.8) is 0 Å². The number of nitrogens with one attached hydrogen (secondary N) is 1. The molecule has 0 unspecified atom stereocenters. The van der Waals surface area contributed by atoms with Gasteiger partial charge in [-0.25, -0.2) is 14.6 Å². The maximum atomic E-state index is 11.6. The molecule has 0 aliphatic rings. The maximum absolute atomic E-state index is 11.6. The fourth-order valence-corrected chi connectivity index (χ4v) is 10.9. The summed E-state index contributed by atoms with van der Waals surface area (Å²) < 4.78 is 13.7. The minimum Gasteiger partial charge on any atom is -0.478 e. The van der Waals surface area contributed by atoms with Crippen LogP contribution >= 0.6 is 62.1 Å². The molecule has 18 nitrogen and oxygen atoms in total. The minimum atomic E-state index is -3.22. The number of aromatic nitrogens is 3. The van der Waals surface area contributed by atoms with Gasteiger partial charge in [0, 0.05) is 64.3 Å². The van der Waals surface area contributed by atoms with Crippen molar-refractivity contribution in [2.75, 3.05) is 6.61 Å². The number of hydrogen-bond acceptors (Lipinski definition) is 10. The van der Waals surface area contributed by atoms with Crippen LogP contribution < -0.4 is 40.6 Å². The molecule has 526 valence electrons. The van der Waals surface area contributed by atoms with Crippen LogP contribution in [0.15, 0.2) is 314 Å². The first-order valence-electron chi connectivity index (χ1n) is 31.5. The molecule has 0 aliphatic carbocycles. The van der Waals surface area contributed by atoms with Gasteiger partial charge in [0.1, 0.15) is 5.15 Å². The Bertz CT molecular complexity index is 5730. The standard InChI is InChI=1S/C19H13N.C13H8ClN.C13H9N3O.C13H9NO.C13H10O2.C6H7BO2.C3H5ClO2.Cl3OP.N3.Na.H2/c1-2-7-15(8-3-1)19-18-11-10-14-6-4-5-9-16(14)17(18)12-13-20-19;14-13-12-6-5-9-3-1-2-4-10(9)11(12)7-8-15-13;14-16-15-13(17)9-8-11-6-3-5-10-4-1-2-7-12(10)11;15-13-12-6-5-9-3-1-2-4-10(9)11(12)7-8-14-13;14-13(15)9-8-11-6-3-5-10-4-1-2-7-12(10)11;8-7(9)6-4-2-1-3-5-6;1-2-6-3(4)5;1-5(2,3)4;1-3-2;;/h1-13H;1-8H;1-9H;1-8H,(H,14,15);1-9H,(H,14,15);1-5,8-9H;2H2,1H3;;;;1H/q;;;;;;;;-1;+1;/b;;9-8+;;9-8+;;;;;;/i;;;;;;;;;;1+1. The largest absolute Gasteiger partial charge is 1.00 e. The number of aromatic amines is 1. The average molecular weight is 1540 g/mol. The van der Waals surface area contributed by atoms with E-state index in [1.54, 1.807) is 55.7 Å². The van der Waals surface area contributed by atoms with E-state index in [2.05, 4.69) is 154 Å². The van der Waals surface area contributed by atoms with E-state index < -0.39 is 29.6 Å².